The van der Waals surface area contributed by atoms with Crippen LogP contribution in [0.25, 0.3) is 0 Å². The van der Waals surface area contributed by atoms with Gasteiger partial charge in [0.2, 0.25) is 0 Å². The molecule has 10 nitrogen and oxygen atoms in total. The van der Waals surface area contributed by atoms with Gasteiger partial charge in [0.1, 0.15) is 12.7 Å². The highest BCUT2D eigenvalue weighted by Crippen LogP contribution is 2.43. The molecule has 57 heavy (non-hydrogen) atoms. The summed E-state index contributed by atoms with van der Waals surface area (Å²) in [4.78, 5) is 34.9. The van der Waals surface area contributed by atoms with Crippen LogP contribution in [-0.4, -0.2) is 65.7 Å². The second-order valence-corrected chi connectivity index (χ2v) is 15.8. The quantitative estimate of drug-likeness (QED) is 0.0236. The van der Waals surface area contributed by atoms with Crippen molar-refractivity contribution in [3.8, 4) is 0 Å². The van der Waals surface area contributed by atoms with Gasteiger partial charge in [0.25, 0.3) is 0 Å². The van der Waals surface area contributed by atoms with E-state index < -0.39 is 51.8 Å². The topological polar surface area (TPSA) is 149 Å². The van der Waals surface area contributed by atoms with Gasteiger partial charge in [0.15, 0.2) is 6.10 Å². The van der Waals surface area contributed by atoms with Crippen LogP contribution in [-0.2, 0) is 32.7 Å². The normalized spacial score (nSPS) is 14.5. The molecule has 0 bridgehead atoms. The van der Waals surface area contributed by atoms with Crippen LogP contribution in [0.3, 0.4) is 0 Å². The van der Waals surface area contributed by atoms with Crippen molar-refractivity contribution in [3.05, 3.63) is 72.9 Å². The van der Waals surface area contributed by atoms with Crippen molar-refractivity contribution >= 4 is 19.8 Å². The van der Waals surface area contributed by atoms with Crippen LogP contribution in [0.5, 0.6) is 0 Å². The summed E-state index contributed by atoms with van der Waals surface area (Å²) < 4.78 is 32.6. The van der Waals surface area contributed by atoms with Gasteiger partial charge in [0.05, 0.1) is 19.8 Å². The number of ether oxygens (including phenoxy) is 2. The average Bonchev–Trinajstić information content (AvgIpc) is 3.20. The molecule has 0 aromatic carbocycles. The van der Waals surface area contributed by atoms with Crippen LogP contribution in [0, 0.1) is 0 Å². The highest BCUT2D eigenvalue weighted by molar-refractivity contribution is 7.47. The third kappa shape index (κ3) is 41.4. The third-order valence-corrected chi connectivity index (χ3v) is 9.80. The first-order valence-corrected chi connectivity index (χ1v) is 23.4. The zero-order valence-corrected chi connectivity index (χ0v) is 36.4. The van der Waals surface area contributed by atoms with E-state index in [2.05, 4.69) is 79.1 Å². The monoisotopic (exact) mass is 823 g/mol. The molecule has 0 spiro atoms. The Kier molecular flexibility index (Phi) is 39.7. The molecule has 328 valence electrons. The van der Waals surface area contributed by atoms with Crippen molar-refractivity contribution in [2.24, 2.45) is 0 Å². The molecular formula is C46H79O10P. The number of phosphoric acid groups is 1. The fourth-order valence-electron chi connectivity index (χ4n) is 5.44. The fraction of sp³-hybridized carbons (Fsp3) is 0.696. The van der Waals surface area contributed by atoms with E-state index in [0.717, 1.165) is 64.2 Å². The molecule has 0 saturated heterocycles. The third-order valence-electron chi connectivity index (χ3n) is 8.85. The van der Waals surface area contributed by atoms with Crippen molar-refractivity contribution in [2.75, 3.05) is 26.4 Å². The zero-order chi connectivity index (χ0) is 41.9. The van der Waals surface area contributed by atoms with E-state index in [1.807, 2.05) is 12.2 Å². The molecule has 0 aromatic heterocycles. The van der Waals surface area contributed by atoms with Gasteiger partial charge in [-0.25, -0.2) is 4.57 Å². The summed E-state index contributed by atoms with van der Waals surface area (Å²) in [7, 11) is -4.64. The number of unbranched alkanes of at least 4 members (excludes halogenated alkanes) is 14. The second-order valence-electron chi connectivity index (χ2n) is 14.4. The van der Waals surface area contributed by atoms with Gasteiger partial charge in [0, 0.05) is 12.8 Å². The lowest BCUT2D eigenvalue weighted by atomic mass is 10.1. The van der Waals surface area contributed by atoms with E-state index in [1.54, 1.807) is 0 Å². The number of aliphatic hydroxyl groups is 2. The smallest absolute Gasteiger partial charge is 0.462 e. The van der Waals surface area contributed by atoms with Gasteiger partial charge in [-0.15, -0.1) is 0 Å². The van der Waals surface area contributed by atoms with Crippen LogP contribution < -0.4 is 0 Å². The van der Waals surface area contributed by atoms with E-state index in [-0.39, 0.29) is 19.4 Å². The van der Waals surface area contributed by atoms with Gasteiger partial charge in [-0.3, -0.25) is 18.6 Å². The van der Waals surface area contributed by atoms with Gasteiger partial charge >= 0.3 is 19.8 Å². The minimum absolute atomic E-state index is 0.0560. The molecule has 0 saturated carbocycles. The van der Waals surface area contributed by atoms with Crippen molar-refractivity contribution in [1.29, 1.82) is 0 Å². The highest BCUT2D eigenvalue weighted by atomic mass is 31.2. The van der Waals surface area contributed by atoms with E-state index in [1.165, 1.54) is 64.2 Å². The van der Waals surface area contributed by atoms with Gasteiger partial charge < -0.3 is 24.6 Å². The summed E-state index contributed by atoms with van der Waals surface area (Å²) in [6.07, 6.45) is 47.4. The number of rotatable bonds is 40. The van der Waals surface area contributed by atoms with Crippen LogP contribution in [0.1, 0.15) is 168 Å². The summed E-state index contributed by atoms with van der Waals surface area (Å²) in [5, 5.41) is 18.3. The molecular weight excluding hydrogens is 743 g/mol. The number of allylic oxidation sites excluding steroid dienone is 12. The molecule has 0 rings (SSSR count). The van der Waals surface area contributed by atoms with Gasteiger partial charge in [-0.1, -0.05) is 151 Å². The minimum atomic E-state index is -4.64. The Morgan fingerprint density at radius 2 is 0.947 bits per heavy atom. The molecule has 0 heterocycles. The Bertz CT molecular complexity index is 1180. The lowest BCUT2D eigenvalue weighted by Gasteiger charge is -2.20. The van der Waals surface area contributed by atoms with Crippen molar-refractivity contribution in [2.45, 2.75) is 180 Å². The molecule has 3 N–H and O–H groups in total. The van der Waals surface area contributed by atoms with Gasteiger partial charge in [-0.05, 0) is 77.0 Å². The summed E-state index contributed by atoms with van der Waals surface area (Å²) in [6.45, 7) is 2.24. The number of esters is 2. The molecule has 0 fully saturated rings. The highest BCUT2D eigenvalue weighted by Gasteiger charge is 2.27. The lowest BCUT2D eigenvalue weighted by Crippen LogP contribution is -2.29. The molecule has 3 atom stereocenters. The van der Waals surface area contributed by atoms with Crippen LogP contribution >= 0.6 is 7.82 Å². The first kappa shape index (κ1) is 54.4. The first-order valence-electron chi connectivity index (χ1n) is 21.9. The maximum absolute atomic E-state index is 12.6. The Morgan fingerprint density at radius 3 is 1.49 bits per heavy atom. The van der Waals surface area contributed by atoms with Crippen molar-refractivity contribution in [3.63, 3.8) is 0 Å². The lowest BCUT2D eigenvalue weighted by molar-refractivity contribution is -0.161. The number of hydrogen-bond acceptors (Lipinski definition) is 9. The molecule has 0 amide bonds. The number of carbonyl (C=O) groups is 2. The minimum Gasteiger partial charge on any atom is -0.462 e. The molecule has 0 aliphatic heterocycles. The maximum atomic E-state index is 12.6. The molecule has 0 aliphatic carbocycles. The number of carbonyl (C=O) groups excluding carboxylic acids is 2. The Morgan fingerprint density at radius 1 is 0.526 bits per heavy atom. The zero-order valence-electron chi connectivity index (χ0n) is 35.5. The average molecular weight is 823 g/mol. The molecule has 11 heteroatoms. The molecule has 0 aromatic rings. The SMILES string of the molecule is CCCCC/C=C/C/C=C/C/C=C/C/C=C/C/C=C/CCC(=O)O[C@H](COC(=O)CCCCCCC/C=C/CCCCCCCC)COP(=O)(O)OC[C@@H](O)CO. The summed E-state index contributed by atoms with van der Waals surface area (Å²) in [5.41, 5.74) is 0. The van der Waals surface area contributed by atoms with E-state index >= 15 is 0 Å². The maximum Gasteiger partial charge on any atom is 0.472 e. The van der Waals surface area contributed by atoms with Crippen molar-refractivity contribution in [1.82, 2.24) is 0 Å². The Hall–Kier alpha value is -2.59. The predicted molar refractivity (Wildman–Crippen MR) is 233 cm³/mol. The molecule has 1 unspecified atom stereocenters. The first-order chi connectivity index (χ1) is 27.7. The number of phosphoric ester groups is 1. The standard InChI is InChI=1S/C46H79O10P/c1-3-5-7-9-11-13-15-17-19-20-21-22-24-26-28-30-32-34-36-38-46(50)56-44(42-55-57(51,52)54-40-43(48)39-47)41-53-45(49)37-35-33-31-29-27-25-23-18-16-14-12-10-8-6-4-2/h11,13,17-19,21-23,26,28,32,34,43-44,47-48H,3-10,12,14-16,20,24-25,27,29-31,33,35-42H2,1-2H3,(H,51,52)/b13-11+,19-17+,22-21+,23-18+,28-26+,34-32+/t43-,44+/m0/s1. The second kappa shape index (κ2) is 41.6. The van der Waals surface area contributed by atoms with E-state index in [0.29, 0.717) is 12.8 Å². The summed E-state index contributed by atoms with van der Waals surface area (Å²) in [5.74, 6) is -1.04. The number of aliphatic hydroxyl groups excluding tert-OH is 2. The fourth-order valence-corrected chi connectivity index (χ4v) is 6.23. The Labute approximate surface area is 346 Å². The largest absolute Gasteiger partial charge is 0.472 e. The number of hydrogen-bond donors (Lipinski definition) is 3. The predicted octanol–water partition coefficient (Wildman–Crippen LogP) is 11.7. The van der Waals surface area contributed by atoms with Crippen LogP contribution in [0.2, 0.25) is 0 Å². The van der Waals surface area contributed by atoms with E-state index in [4.69, 9.17) is 19.1 Å². The summed E-state index contributed by atoms with van der Waals surface area (Å²) in [6, 6.07) is 0. The van der Waals surface area contributed by atoms with E-state index in [9.17, 15) is 24.2 Å². The molecule has 0 radical (unpaired) electrons. The molecule has 0 aliphatic rings. The summed E-state index contributed by atoms with van der Waals surface area (Å²) >= 11 is 0. The van der Waals surface area contributed by atoms with Crippen LogP contribution in [0.15, 0.2) is 72.9 Å². The van der Waals surface area contributed by atoms with Crippen LogP contribution in [0.4, 0.5) is 0 Å². The van der Waals surface area contributed by atoms with Gasteiger partial charge in [-0.2, -0.15) is 0 Å². The Balaban J connectivity index is 4.45. The van der Waals surface area contributed by atoms with Crippen molar-refractivity contribution < 1.29 is 47.8 Å².